The summed E-state index contributed by atoms with van der Waals surface area (Å²) in [4.78, 5) is 33.5. The maximum atomic E-state index is 12.3. The molecule has 0 aliphatic carbocycles. The largest absolute Gasteiger partial charge is 0.477 e. The van der Waals surface area contributed by atoms with Gasteiger partial charge in [0, 0.05) is 25.2 Å². The normalized spacial score (nSPS) is 19.4. The Hall–Kier alpha value is -1.89. The minimum Gasteiger partial charge on any atom is -0.477 e. The molecule has 1 aliphatic heterocycles. The van der Waals surface area contributed by atoms with Crippen LogP contribution in [-0.2, 0) is 0 Å². The minimum absolute atomic E-state index is 0.0205. The van der Waals surface area contributed by atoms with Crippen molar-refractivity contribution in [2.24, 2.45) is 0 Å². The molecule has 7 nitrogen and oxygen atoms in total. The van der Waals surface area contributed by atoms with Crippen LogP contribution in [0.1, 0.15) is 34.8 Å². The number of hydrogen-bond acceptors (Lipinski definition) is 4. The monoisotopic (exact) mass is 266 g/mol. The summed E-state index contributed by atoms with van der Waals surface area (Å²) >= 11 is 0. The predicted molar refractivity (Wildman–Crippen MR) is 68.2 cm³/mol. The number of rotatable bonds is 2. The Bertz CT molecular complexity index is 509. The first-order valence-electron chi connectivity index (χ1n) is 6.10. The highest BCUT2D eigenvalue weighted by atomic mass is 16.4. The van der Waals surface area contributed by atoms with E-state index in [0.717, 1.165) is 6.54 Å². The number of aromatic amines is 1. The Morgan fingerprint density at radius 3 is 2.68 bits per heavy atom. The number of carbonyl (C=O) groups is 2. The highest BCUT2D eigenvalue weighted by molar-refractivity contribution is 6.02. The smallest absolute Gasteiger partial charge is 0.354 e. The summed E-state index contributed by atoms with van der Waals surface area (Å²) in [5.74, 6) is -1.51. The Balaban J connectivity index is 2.21. The van der Waals surface area contributed by atoms with Gasteiger partial charge in [-0.1, -0.05) is 0 Å². The molecular formula is C12H18N4O3. The topological polar surface area (TPSA) is 89.5 Å². The van der Waals surface area contributed by atoms with Crippen molar-refractivity contribution in [3.05, 3.63) is 17.7 Å². The van der Waals surface area contributed by atoms with E-state index in [4.69, 9.17) is 5.11 Å². The molecule has 1 aromatic heterocycles. The molecule has 7 heteroatoms. The molecule has 1 aromatic rings. The van der Waals surface area contributed by atoms with Crippen LogP contribution in [-0.4, -0.2) is 69.0 Å². The number of nitrogens with zero attached hydrogens (tertiary/aromatic N) is 3. The van der Waals surface area contributed by atoms with Crippen molar-refractivity contribution in [2.75, 3.05) is 26.7 Å². The maximum Gasteiger partial charge on any atom is 0.354 e. The van der Waals surface area contributed by atoms with E-state index >= 15 is 0 Å². The Morgan fingerprint density at radius 1 is 1.42 bits per heavy atom. The van der Waals surface area contributed by atoms with Crippen LogP contribution in [0.5, 0.6) is 0 Å². The lowest BCUT2D eigenvalue weighted by Gasteiger charge is -2.45. The summed E-state index contributed by atoms with van der Waals surface area (Å²) in [6.07, 6.45) is 1.23. The zero-order valence-electron chi connectivity index (χ0n) is 11.3. The fourth-order valence-corrected chi connectivity index (χ4v) is 2.18. The number of amides is 1. The number of carboxylic acids is 1. The third-order valence-corrected chi connectivity index (χ3v) is 3.66. The van der Waals surface area contributed by atoms with E-state index < -0.39 is 5.97 Å². The van der Waals surface area contributed by atoms with E-state index in [1.165, 1.54) is 6.33 Å². The third-order valence-electron chi connectivity index (χ3n) is 3.66. The molecule has 0 aromatic carbocycles. The van der Waals surface area contributed by atoms with Gasteiger partial charge in [-0.25, -0.2) is 9.78 Å². The van der Waals surface area contributed by atoms with Gasteiger partial charge in [-0.05, 0) is 20.9 Å². The lowest BCUT2D eigenvalue weighted by molar-refractivity contribution is 0.0304. The number of H-pyrrole nitrogens is 1. The summed E-state index contributed by atoms with van der Waals surface area (Å²) < 4.78 is 0. The Kier molecular flexibility index (Phi) is 3.32. The third kappa shape index (κ3) is 2.46. The first-order chi connectivity index (χ1) is 8.83. The molecular weight excluding hydrogens is 248 g/mol. The summed E-state index contributed by atoms with van der Waals surface area (Å²) in [5, 5.41) is 9.00. The van der Waals surface area contributed by atoms with Crippen LogP contribution >= 0.6 is 0 Å². The van der Waals surface area contributed by atoms with Crippen LogP contribution in [0.25, 0.3) is 0 Å². The molecule has 2 rings (SSSR count). The zero-order chi connectivity index (χ0) is 14.2. The molecule has 1 fully saturated rings. The zero-order valence-corrected chi connectivity index (χ0v) is 11.3. The first kappa shape index (κ1) is 13.5. The highest BCUT2D eigenvalue weighted by Crippen LogP contribution is 2.20. The maximum absolute atomic E-state index is 12.3. The SMILES string of the molecule is CN1CCN(C(=O)c2nc[nH]c2C(=O)O)CC1(C)C. The second-order valence-corrected chi connectivity index (χ2v) is 5.39. The molecule has 1 amide bonds. The van der Waals surface area contributed by atoms with Crippen molar-refractivity contribution in [2.45, 2.75) is 19.4 Å². The number of piperazine rings is 1. The van der Waals surface area contributed by atoms with Crippen molar-refractivity contribution in [1.29, 1.82) is 0 Å². The molecule has 2 N–H and O–H groups in total. The lowest BCUT2D eigenvalue weighted by atomic mass is 9.99. The Labute approximate surface area is 111 Å². The Morgan fingerprint density at radius 2 is 2.11 bits per heavy atom. The van der Waals surface area contributed by atoms with Gasteiger partial charge in [-0.3, -0.25) is 9.69 Å². The van der Waals surface area contributed by atoms with Crippen LogP contribution in [0.3, 0.4) is 0 Å². The summed E-state index contributed by atoms with van der Waals surface area (Å²) in [6, 6.07) is 0. The number of carboxylic acid groups (broad SMARTS) is 1. The first-order valence-corrected chi connectivity index (χ1v) is 6.10. The number of likely N-dealkylation sites (N-methyl/N-ethyl adjacent to an activating group) is 1. The number of aromatic nitrogens is 2. The highest BCUT2D eigenvalue weighted by Gasteiger charge is 2.35. The second kappa shape index (κ2) is 4.65. The van der Waals surface area contributed by atoms with Gasteiger partial charge in [0.25, 0.3) is 5.91 Å². The van der Waals surface area contributed by atoms with E-state index in [2.05, 4.69) is 28.7 Å². The van der Waals surface area contributed by atoms with Gasteiger partial charge in [0.05, 0.1) is 6.33 Å². The predicted octanol–water partition coefficient (Wildman–Crippen LogP) is 0.274. The average Bonchev–Trinajstić information content (AvgIpc) is 2.80. The van der Waals surface area contributed by atoms with E-state index in [1.807, 2.05) is 7.05 Å². The molecule has 2 heterocycles. The molecule has 0 bridgehead atoms. The van der Waals surface area contributed by atoms with Crippen molar-refractivity contribution >= 4 is 11.9 Å². The van der Waals surface area contributed by atoms with Gasteiger partial charge < -0.3 is 15.0 Å². The van der Waals surface area contributed by atoms with Crippen LogP contribution in [0.4, 0.5) is 0 Å². The molecule has 0 atom stereocenters. The van der Waals surface area contributed by atoms with E-state index in [-0.39, 0.29) is 22.8 Å². The van der Waals surface area contributed by atoms with E-state index in [0.29, 0.717) is 13.1 Å². The summed E-state index contributed by atoms with van der Waals surface area (Å²) in [5.41, 5.74) is -0.303. The van der Waals surface area contributed by atoms with Gasteiger partial charge in [0.2, 0.25) is 0 Å². The summed E-state index contributed by atoms with van der Waals surface area (Å²) in [6.45, 7) is 5.98. The second-order valence-electron chi connectivity index (χ2n) is 5.39. The van der Waals surface area contributed by atoms with Crippen LogP contribution in [0.15, 0.2) is 6.33 Å². The van der Waals surface area contributed by atoms with Crippen molar-refractivity contribution in [1.82, 2.24) is 19.8 Å². The number of imidazole rings is 1. The van der Waals surface area contributed by atoms with Crippen LogP contribution in [0.2, 0.25) is 0 Å². The van der Waals surface area contributed by atoms with E-state index in [1.54, 1.807) is 4.90 Å². The molecule has 1 aliphatic rings. The van der Waals surface area contributed by atoms with Gasteiger partial charge >= 0.3 is 5.97 Å². The van der Waals surface area contributed by atoms with Gasteiger partial charge in [-0.15, -0.1) is 0 Å². The van der Waals surface area contributed by atoms with Gasteiger partial charge in [0.1, 0.15) is 0 Å². The fraction of sp³-hybridized carbons (Fsp3) is 0.583. The van der Waals surface area contributed by atoms with Crippen LogP contribution < -0.4 is 0 Å². The standard InChI is InChI=1S/C12H18N4O3/c1-12(2)6-16(5-4-15(12)3)10(17)8-9(11(18)19)14-7-13-8/h7H,4-6H2,1-3H3,(H,13,14)(H,18,19). The quantitative estimate of drug-likeness (QED) is 0.802. The molecule has 0 saturated carbocycles. The molecule has 0 unspecified atom stereocenters. The molecule has 19 heavy (non-hydrogen) atoms. The van der Waals surface area contributed by atoms with Crippen LogP contribution in [0, 0.1) is 0 Å². The van der Waals surface area contributed by atoms with E-state index in [9.17, 15) is 9.59 Å². The number of hydrogen-bond donors (Lipinski definition) is 2. The lowest BCUT2D eigenvalue weighted by Crippen LogP contribution is -2.59. The number of aromatic carboxylic acids is 1. The molecule has 104 valence electrons. The molecule has 0 radical (unpaired) electrons. The van der Waals surface area contributed by atoms with Crippen molar-refractivity contribution in [3.8, 4) is 0 Å². The fourth-order valence-electron chi connectivity index (χ4n) is 2.18. The van der Waals surface area contributed by atoms with Gasteiger partial charge in [-0.2, -0.15) is 0 Å². The average molecular weight is 266 g/mol. The summed E-state index contributed by atoms with van der Waals surface area (Å²) in [7, 11) is 2.01. The van der Waals surface area contributed by atoms with Gasteiger partial charge in [0.15, 0.2) is 11.4 Å². The van der Waals surface area contributed by atoms with Crippen molar-refractivity contribution in [3.63, 3.8) is 0 Å². The number of nitrogens with one attached hydrogen (secondary N) is 1. The molecule has 1 saturated heterocycles. The minimum atomic E-state index is -1.17. The number of carbonyl (C=O) groups excluding carboxylic acids is 1. The molecule has 0 spiro atoms. The van der Waals surface area contributed by atoms with Crippen molar-refractivity contribution < 1.29 is 14.7 Å².